The Morgan fingerprint density at radius 1 is 0.963 bits per heavy atom. The monoisotopic (exact) mass is 362 g/mol. The third kappa shape index (κ3) is 5.31. The Morgan fingerprint density at radius 2 is 1.70 bits per heavy atom. The molecule has 27 heavy (non-hydrogen) atoms. The number of benzene rings is 2. The van der Waals surface area contributed by atoms with Gasteiger partial charge in [0.25, 0.3) is 0 Å². The minimum absolute atomic E-state index is 0.197. The molecule has 0 fully saturated rings. The summed E-state index contributed by atoms with van der Waals surface area (Å²) in [5, 5.41) is 3.57. The Balaban J connectivity index is 1.55. The van der Waals surface area contributed by atoms with Crippen LogP contribution in [0, 0.1) is 6.92 Å². The van der Waals surface area contributed by atoms with Crippen molar-refractivity contribution in [3.05, 3.63) is 89.2 Å². The summed E-state index contributed by atoms with van der Waals surface area (Å²) in [7, 11) is 1.71. The first kappa shape index (κ1) is 18.9. The number of ether oxygens (including phenoxy) is 2. The van der Waals surface area contributed by atoms with E-state index in [-0.39, 0.29) is 6.04 Å². The SMILES string of the molecule is COc1ccc(C)cc1C(C)NCc1ccc(OCc2ccncc2)cc1. The van der Waals surface area contributed by atoms with Crippen molar-refractivity contribution < 1.29 is 9.47 Å². The van der Waals surface area contributed by atoms with E-state index >= 15 is 0 Å². The van der Waals surface area contributed by atoms with Gasteiger partial charge in [-0.2, -0.15) is 0 Å². The maximum Gasteiger partial charge on any atom is 0.123 e. The number of aromatic nitrogens is 1. The summed E-state index contributed by atoms with van der Waals surface area (Å²) in [6.45, 7) is 5.58. The molecule has 0 aliphatic rings. The van der Waals surface area contributed by atoms with Gasteiger partial charge in [0.05, 0.1) is 7.11 Å². The first-order chi connectivity index (χ1) is 13.2. The predicted octanol–water partition coefficient (Wildman–Crippen LogP) is 4.83. The molecule has 0 saturated heterocycles. The van der Waals surface area contributed by atoms with Crippen LogP contribution in [0.15, 0.2) is 67.0 Å². The summed E-state index contributed by atoms with van der Waals surface area (Å²) < 4.78 is 11.3. The fourth-order valence-electron chi connectivity index (χ4n) is 2.92. The lowest BCUT2D eigenvalue weighted by molar-refractivity contribution is 0.306. The van der Waals surface area contributed by atoms with Gasteiger partial charge < -0.3 is 14.8 Å². The van der Waals surface area contributed by atoms with E-state index in [0.29, 0.717) is 6.61 Å². The largest absolute Gasteiger partial charge is 0.496 e. The van der Waals surface area contributed by atoms with Crippen LogP contribution < -0.4 is 14.8 Å². The molecule has 3 aromatic rings. The molecule has 1 heterocycles. The lowest BCUT2D eigenvalue weighted by Gasteiger charge is -2.18. The molecule has 0 aliphatic heterocycles. The van der Waals surface area contributed by atoms with E-state index < -0.39 is 0 Å². The predicted molar refractivity (Wildman–Crippen MR) is 108 cm³/mol. The van der Waals surface area contributed by atoms with Gasteiger partial charge in [-0.15, -0.1) is 0 Å². The smallest absolute Gasteiger partial charge is 0.123 e. The van der Waals surface area contributed by atoms with Crippen LogP contribution >= 0.6 is 0 Å². The summed E-state index contributed by atoms with van der Waals surface area (Å²) in [4.78, 5) is 4.01. The summed E-state index contributed by atoms with van der Waals surface area (Å²) >= 11 is 0. The topological polar surface area (TPSA) is 43.4 Å². The average Bonchev–Trinajstić information content (AvgIpc) is 2.72. The fraction of sp³-hybridized carbons (Fsp3) is 0.261. The van der Waals surface area contributed by atoms with Crippen LogP contribution in [0.25, 0.3) is 0 Å². The summed E-state index contributed by atoms with van der Waals surface area (Å²) in [5.41, 5.74) is 4.73. The molecule has 0 amide bonds. The highest BCUT2D eigenvalue weighted by molar-refractivity contribution is 5.39. The van der Waals surface area contributed by atoms with Crippen molar-refractivity contribution in [1.29, 1.82) is 0 Å². The van der Waals surface area contributed by atoms with Crippen molar-refractivity contribution in [2.75, 3.05) is 7.11 Å². The van der Waals surface area contributed by atoms with Gasteiger partial charge in [-0.1, -0.05) is 29.8 Å². The molecule has 0 radical (unpaired) electrons. The number of methoxy groups -OCH3 is 1. The third-order valence-electron chi connectivity index (χ3n) is 4.54. The maximum absolute atomic E-state index is 5.82. The Kier molecular flexibility index (Phi) is 6.44. The summed E-state index contributed by atoms with van der Waals surface area (Å²) in [5.74, 6) is 1.78. The lowest BCUT2D eigenvalue weighted by Crippen LogP contribution is -2.18. The molecule has 0 spiro atoms. The highest BCUT2D eigenvalue weighted by atomic mass is 16.5. The first-order valence-electron chi connectivity index (χ1n) is 9.14. The maximum atomic E-state index is 5.82. The Morgan fingerprint density at radius 3 is 2.41 bits per heavy atom. The molecule has 1 aromatic heterocycles. The molecular weight excluding hydrogens is 336 g/mol. The molecule has 1 atom stereocenters. The van der Waals surface area contributed by atoms with E-state index in [1.165, 1.54) is 16.7 Å². The minimum atomic E-state index is 0.197. The second-order valence-corrected chi connectivity index (χ2v) is 6.64. The number of hydrogen-bond acceptors (Lipinski definition) is 4. The van der Waals surface area contributed by atoms with E-state index in [4.69, 9.17) is 9.47 Å². The molecule has 140 valence electrons. The van der Waals surface area contributed by atoms with Crippen LogP contribution in [0.4, 0.5) is 0 Å². The number of pyridine rings is 1. The molecule has 1 unspecified atom stereocenters. The highest BCUT2D eigenvalue weighted by Crippen LogP contribution is 2.26. The number of hydrogen-bond donors (Lipinski definition) is 1. The van der Waals surface area contributed by atoms with Gasteiger partial charge in [0.1, 0.15) is 18.1 Å². The molecule has 4 heteroatoms. The molecule has 0 aliphatic carbocycles. The van der Waals surface area contributed by atoms with Crippen LogP contribution in [0.1, 0.15) is 35.2 Å². The van der Waals surface area contributed by atoms with Gasteiger partial charge in [0, 0.05) is 30.5 Å². The third-order valence-corrected chi connectivity index (χ3v) is 4.54. The Bertz CT molecular complexity index is 848. The van der Waals surface area contributed by atoms with Crippen LogP contribution in [-0.2, 0) is 13.2 Å². The standard InChI is InChI=1S/C23H26N2O2/c1-17-4-9-23(26-3)22(14-17)18(2)25-15-19-5-7-21(8-6-19)27-16-20-10-12-24-13-11-20/h4-14,18,25H,15-16H2,1-3H3. The van der Waals surface area contributed by atoms with E-state index in [0.717, 1.165) is 23.6 Å². The number of rotatable bonds is 8. The summed E-state index contributed by atoms with van der Waals surface area (Å²) in [6, 6.07) is 18.6. The molecular formula is C23H26N2O2. The van der Waals surface area contributed by atoms with Crippen LogP contribution in [0.2, 0.25) is 0 Å². The molecule has 2 aromatic carbocycles. The quantitative estimate of drug-likeness (QED) is 0.623. The molecule has 4 nitrogen and oxygen atoms in total. The number of aryl methyl sites for hydroxylation is 1. The minimum Gasteiger partial charge on any atom is -0.496 e. The van der Waals surface area contributed by atoms with Gasteiger partial charge in [-0.25, -0.2) is 0 Å². The zero-order valence-corrected chi connectivity index (χ0v) is 16.1. The normalized spacial score (nSPS) is 11.8. The van der Waals surface area contributed by atoms with E-state index in [2.05, 4.69) is 48.4 Å². The molecule has 0 bridgehead atoms. The molecule has 0 saturated carbocycles. The number of nitrogens with zero attached hydrogens (tertiary/aromatic N) is 1. The van der Waals surface area contributed by atoms with E-state index in [1.54, 1.807) is 19.5 Å². The van der Waals surface area contributed by atoms with Gasteiger partial charge >= 0.3 is 0 Å². The van der Waals surface area contributed by atoms with E-state index in [9.17, 15) is 0 Å². The summed E-state index contributed by atoms with van der Waals surface area (Å²) in [6.07, 6.45) is 3.55. The van der Waals surface area contributed by atoms with Crippen molar-refractivity contribution in [3.63, 3.8) is 0 Å². The van der Waals surface area contributed by atoms with Gasteiger partial charge in [-0.3, -0.25) is 4.98 Å². The van der Waals surface area contributed by atoms with Crippen molar-refractivity contribution in [2.24, 2.45) is 0 Å². The Hall–Kier alpha value is -2.85. The Labute approximate surface area is 161 Å². The van der Waals surface area contributed by atoms with Gasteiger partial charge in [0.15, 0.2) is 0 Å². The molecule has 1 N–H and O–H groups in total. The molecule has 3 rings (SSSR count). The average molecular weight is 362 g/mol. The zero-order valence-electron chi connectivity index (χ0n) is 16.1. The van der Waals surface area contributed by atoms with E-state index in [1.807, 2.05) is 30.3 Å². The van der Waals surface area contributed by atoms with Crippen LogP contribution in [0.3, 0.4) is 0 Å². The van der Waals surface area contributed by atoms with Crippen molar-refractivity contribution in [2.45, 2.75) is 33.0 Å². The van der Waals surface area contributed by atoms with Crippen molar-refractivity contribution in [3.8, 4) is 11.5 Å². The van der Waals surface area contributed by atoms with Crippen LogP contribution in [-0.4, -0.2) is 12.1 Å². The van der Waals surface area contributed by atoms with Gasteiger partial charge in [-0.05, 0) is 55.3 Å². The van der Waals surface area contributed by atoms with Crippen molar-refractivity contribution >= 4 is 0 Å². The lowest BCUT2D eigenvalue weighted by atomic mass is 10.0. The second kappa shape index (κ2) is 9.19. The fourth-order valence-corrected chi connectivity index (χ4v) is 2.92. The van der Waals surface area contributed by atoms with Crippen LogP contribution in [0.5, 0.6) is 11.5 Å². The number of nitrogens with one attached hydrogen (secondary N) is 1. The van der Waals surface area contributed by atoms with Gasteiger partial charge in [0.2, 0.25) is 0 Å². The zero-order chi connectivity index (χ0) is 19.1. The second-order valence-electron chi connectivity index (χ2n) is 6.64. The van der Waals surface area contributed by atoms with Crippen molar-refractivity contribution in [1.82, 2.24) is 10.3 Å². The first-order valence-corrected chi connectivity index (χ1v) is 9.14. The highest BCUT2D eigenvalue weighted by Gasteiger charge is 2.11.